The summed E-state index contributed by atoms with van der Waals surface area (Å²) in [4.78, 5) is 8.95. The highest BCUT2D eigenvalue weighted by molar-refractivity contribution is 5.20. The van der Waals surface area contributed by atoms with Crippen molar-refractivity contribution in [1.82, 2.24) is 19.4 Å². The standard InChI is InChI=1S/C18H25FN4/c1-16(17-5-2-3-6-18(17)19)23-13-11-21(12-14-23)8-4-9-22-10-7-20-15-22/h2-3,5-7,10,15-16H,4,8-9,11-14H2,1H3/t16-/m1/s1. The molecule has 1 aliphatic heterocycles. The molecule has 1 aromatic heterocycles. The summed E-state index contributed by atoms with van der Waals surface area (Å²) in [7, 11) is 0. The molecular weight excluding hydrogens is 291 g/mol. The number of hydrogen-bond acceptors (Lipinski definition) is 3. The van der Waals surface area contributed by atoms with Gasteiger partial charge >= 0.3 is 0 Å². The molecule has 0 saturated carbocycles. The zero-order valence-electron chi connectivity index (χ0n) is 13.7. The van der Waals surface area contributed by atoms with E-state index in [2.05, 4.69) is 26.3 Å². The Kier molecular flexibility index (Phi) is 5.41. The van der Waals surface area contributed by atoms with Gasteiger partial charge in [-0.2, -0.15) is 0 Å². The molecule has 5 heteroatoms. The van der Waals surface area contributed by atoms with E-state index in [1.54, 1.807) is 12.1 Å². The van der Waals surface area contributed by atoms with Crippen LogP contribution in [0.15, 0.2) is 43.0 Å². The number of piperazine rings is 1. The van der Waals surface area contributed by atoms with Crippen LogP contribution >= 0.6 is 0 Å². The molecule has 0 amide bonds. The van der Waals surface area contributed by atoms with Crippen molar-refractivity contribution in [3.8, 4) is 0 Å². The smallest absolute Gasteiger partial charge is 0.127 e. The first-order valence-corrected chi connectivity index (χ1v) is 8.40. The highest BCUT2D eigenvalue weighted by Gasteiger charge is 2.23. The second kappa shape index (κ2) is 7.70. The molecule has 0 N–H and O–H groups in total. The Bertz CT molecular complexity index is 591. The molecule has 4 nitrogen and oxygen atoms in total. The second-order valence-corrected chi connectivity index (χ2v) is 6.23. The summed E-state index contributed by atoms with van der Waals surface area (Å²) in [6.07, 6.45) is 6.84. The number of imidazole rings is 1. The fraction of sp³-hybridized carbons (Fsp3) is 0.500. The van der Waals surface area contributed by atoms with Crippen LogP contribution in [0.4, 0.5) is 4.39 Å². The Hall–Kier alpha value is -1.72. The molecule has 0 spiro atoms. The van der Waals surface area contributed by atoms with Crippen LogP contribution in [0, 0.1) is 5.82 Å². The average Bonchev–Trinajstić information content (AvgIpc) is 3.09. The van der Waals surface area contributed by atoms with E-state index in [0.717, 1.165) is 51.3 Å². The summed E-state index contributed by atoms with van der Waals surface area (Å²) in [5.74, 6) is -0.0947. The summed E-state index contributed by atoms with van der Waals surface area (Å²) < 4.78 is 16.0. The predicted molar refractivity (Wildman–Crippen MR) is 89.7 cm³/mol. The number of rotatable bonds is 6. The predicted octanol–water partition coefficient (Wildman–Crippen LogP) is 2.79. The van der Waals surface area contributed by atoms with Crippen LogP contribution in [0.5, 0.6) is 0 Å². The van der Waals surface area contributed by atoms with Crippen LogP contribution in [-0.4, -0.2) is 52.1 Å². The van der Waals surface area contributed by atoms with Gasteiger partial charge in [-0.05, 0) is 26.0 Å². The third-order valence-corrected chi connectivity index (χ3v) is 4.76. The number of aromatic nitrogens is 2. The fourth-order valence-electron chi connectivity index (χ4n) is 3.28. The Morgan fingerprint density at radius 2 is 1.91 bits per heavy atom. The number of aryl methyl sites for hydroxylation is 1. The van der Waals surface area contributed by atoms with Gasteiger partial charge in [-0.3, -0.25) is 4.90 Å². The van der Waals surface area contributed by atoms with Gasteiger partial charge in [0.05, 0.1) is 6.33 Å². The van der Waals surface area contributed by atoms with E-state index in [-0.39, 0.29) is 11.9 Å². The van der Waals surface area contributed by atoms with Crippen LogP contribution in [-0.2, 0) is 6.54 Å². The molecule has 3 rings (SSSR count). The molecule has 1 aliphatic rings. The number of benzene rings is 1. The maximum absolute atomic E-state index is 13.9. The van der Waals surface area contributed by atoms with E-state index in [1.165, 1.54) is 0 Å². The summed E-state index contributed by atoms with van der Waals surface area (Å²) in [6.45, 7) is 8.35. The van der Waals surface area contributed by atoms with Gasteiger partial charge in [0.15, 0.2) is 0 Å². The maximum Gasteiger partial charge on any atom is 0.127 e. The van der Waals surface area contributed by atoms with Crippen molar-refractivity contribution in [1.29, 1.82) is 0 Å². The van der Waals surface area contributed by atoms with Crippen molar-refractivity contribution in [2.75, 3.05) is 32.7 Å². The summed E-state index contributed by atoms with van der Waals surface area (Å²) in [6, 6.07) is 7.27. The van der Waals surface area contributed by atoms with Crippen molar-refractivity contribution >= 4 is 0 Å². The summed E-state index contributed by atoms with van der Waals surface area (Å²) in [5, 5.41) is 0. The van der Waals surface area contributed by atoms with Gasteiger partial charge < -0.3 is 9.47 Å². The van der Waals surface area contributed by atoms with Gasteiger partial charge in [0.1, 0.15) is 5.82 Å². The minimum absolute atomic E-state index is 0.0947. The van der Waals surface area contributed by atoms with E-state index >= 15 is 0 Å². The molecule has 2 aromatic rings. The fourth-order valence-corrected chi connectivity index (χ4v) is 3.28. The van der Waals surface area contributed by atoms with E-state index < -0.39 is 0 Å². The molecule has 1 saturated heterocycles. The topological polar surface area (TPSA) is 24.3 Å². The number of hydrogen-bond donors (Lipinski definition) is 0. The Morgan fingerprint density at radius 1 is 1.13 bits per heavy atom. The lowest BCUT2D eigenvalue weighted by Gasteiger charge is -2.38. The van der Waals surface area contributed by atoms with Gasteiger partial charge in [-0.15, -0.1) is 0 Å². The van der Waals surface area contributed by atoms with Gasteiger partial charge in [0, 0.05) is 56.7 Å². The first-order chi connectivity index (χ1) is 11.2. The first kappa shape index (κ1) is 16.1. The summed E-state index contributed by atoms with van der Waals surface area (Å²) >= 11 is 0. The maximum atomic E-state index is 13.9. The van der Waals surface area contributed by atoms with Crippen molar-refractivity contribution in [3.05, 3.63) is 54.4 Å². The zero-order chi connectivity index (χ0) is 16.1. The minimum atomic E-state index is -0.0947. The first-order valence-electron chi connectivity index (χ1n) is 8.40. The number of nitrogens with zero attached hydrogens (tertiary/aromatic N) is 4. The van der Waals surface area contributed by atoms with Crippen LogP contribution in [0.2, 0.25) is 0 Å². The lowest BCUT2D eigenvalue weighted by molar-refractivity contribution is 0.0993. The largest absolute Gasteiger partial charge is 0.337 e. The molecule has 1 fully saturated rings. The molecule has 1 aromatic carbocycles. The third-order valence-electron chi connectivity index (χ3n) is 4.76. The highest BCUT2D eigenvalue weighted by Crippen LogP contribution is 2.23. The third kappa shape index (κ3) is 4.18. The monoisotopic (exact) mass is 316 g/mol. The van der Waals surface area contributed by atoms with Gasteiger partial charge in [0.2, 0.25) is 0 Å². The lowest BCUT2D eigenvalue weighted by Crippen LogP contribution is -2.47. The highest BCUT2D eigenvalue weighted by atomic mass is 19.1. The minimum Gasteiger partial charge on any atom is -0.337 e. The molecular formula is C18H25FN4. The quantitative estimate of drug-likeness (QED) is 0.819. The Labute approximate surface area is 137 Å². The van der Waals surface area contributed by atoms with Gasteiger partial charge in [0.25, 0.3) is 0 Å². The van der Waals surface area contributed by atoms with Crippen molar-refractivity contribution in [2.24, 2.45) is 0 Å². The van der Waals surface area contributed by atoms with Gasteiger partial charge in [-0.1, -0.05) is 18.2 Å². The molecule has 0 unspecified atom stereocenters. The van der Waals surface area contributed by atoms with E-state index in [4.69, 9.17) is 0 Å². The van der Waals surface area contributed by atoms with Crippen LogP contribution < -0.4 is 0 Å². The SMILES string of the molecule is C[C@H](c1ccccc1F)N1CCN(CCCn2ccnc2)CC1. The van der Waals surface area contributed by atoms with Crippen molar-refractivity contribution in [3.63, 3.8) is 0 Å². The van der Waals surface area contributed by atoms with Crippen LogP contribution in [0.3, 0.4) is 0 Å². The molecule has 2 heterocycles. The Morgan fingerprint density at radius 3 is 2.61 bits per heavy atom. The number of halogens is 1. The molecule has 1 atom stereocenters. The van der Waals surface area contributed by atoms with Crippen LogP contribution in [0.1, 0.15) is 24.9 Å². The van der Waals surface area contributed by atoms with Crippen molar-refractivity contribution < 1.29 is 4.39 Å². The lowest BCUT2D eigenvalue weighted by atomic mass is 10.1. The van der Waals surface area contributed by atoms with E-state index in [0.29, 0.717) is 0 Å². The molecule has 0 aliphatic carbocycles. The van der Waals surface area contributed by atoms with E-state index in [9.17, 15) is 4.39 Å². The molecule has 124 valence electrons. The summed E-state index contributed by atoms with van der Waals surface area (Å²) in [5.41, 5.74) is 0.807. The molecule has 23 heavy (non-hydrogen) atoms. The normalized spacial score (nSPS) is 18.2. The van der Waals surface area contributed by atoms with Crippen molar-refractivity contribution in [2.45, 2.75) is 25.9 Å². The second-order valence-electron chi connectivity index (χ2n) is 6.23. The zero-order valence-corrected chi connectivity index (χ0v) is 13.7. The molecule has 0 bridgehead atoms. The average molecular weight is 316 g/mol. The Balaban J connectivity index is 1.44. The van der Waals surface area contributed by atoms with Crippen LogP contribution in [0.25, 0.3) is 0 Å². The van der Waals surface area contributed by atoms with Gasteiger partial charge in [-0.25, -0.2) is 9.37 Å². The van der Waals surface area contributed by atoms with E-state index in [1.807, 2.05) is 30.9 Å². The molecule has 0 radical (unpaired) electrons.